The first-order chi connectivity index (χ1) is 15.7. The number of nitrogens with one attached hydrogen (secondary N) is 4. The van der Waals surface area contributed by atoms with E-state index in [0.29, 0.717) is 90.4 Å². The predicted octanol–water partition coefficient (Wildman–Crippen LogP) is -0.0866. The Kier molecular flexibility index (Phi) is 16.6. The molecule has 4 amide bonds. The third kappa shape index (κ3) is 15.3. The highest BCUT2D eigenvalue weighted by atomic mass is 16.5. The Morgan fingerprint density at radius 2 is 0.938 bits per heavy atom. The molecule has 32 heavy (non-hydrogen) atoms. The van der Waals surface area contributed by atoms with Gasteiger partial charge in [0.15, 0.2) is 0 Å². The molecular formula is C20H36N6O6. The van der Waals surface area contributed by atoms with Gasteiger partial charge in [-0.05, 0) is 24.3 Å². The number of hydrogen-bond acceptors (Lipinski definition) is 8. The largest absolute Gasteiger partial charge is 0.378 e. The number of hydrogen-bond donors (Lipinski definition) is 6. The summed E-state index contributed by atoms with van der Waals surface area (Å²) in [6.07, 6.45) is 0. The van der Waals surface area contributed by atoms with Gasteiger partial charge in [-0.1, -0.05) is 0 Å². The van der Waals surface area contributed by atoms with Crippen LogP contribution in [0.25, 0.3) is 0 Å². The molecule has 0 heterocycles. The van der Waals surface area contributed by atoms with E-state index in [-0.39, 0.29) is 12.1 Å². The van der Waals surface area contributed by atoms with Crippen LogP contribution in [0.2, 0.25) is 0 Å². The van der Waals surface area contributed by atoms with E-state index in [4.69, 9.17) is 30.4 Å². The molecule has 1 aromatic rings. The van der Waals surface area contributed by atoms with Crippen LogP contribution in [0.4, 0.5) is 21.0 Å². The van der Waals surface area contributed by atoms with Crippen molar-refractivity contribution in [3.8, 4) is 0 Å². The zero-order chi connectivity index (χ0) is 23.3. The van der Waals surface area contributed by atoms with E-state index >= 15 is 0 Å². The fraction of sp³-hybridized carbons (Fsp3) is 0.600. The third-order valence-corrected chi connectivity index (χ3v) is 3.73. The Morgan fingerprint density at radius 1 is 0.594 bits per heavy atom. The lowest BCUT2D eigenvalue weighted by molar-refractivity contribution is 0.0525. The molecule has 0 aliphatic heterocycles. The number of benzene rings is 1. The standard InChI is InChI=1S/C20H36N6O6/c21-5-9-29-13-15-31-11-7-23-19(27)25-17-1-2-18(4-3-17)26-20(28)24-8-12-32-16-14-30-10-6-22/h1-4H,5-16,21-22H2,(H2,23,25,27)(H2,24,26,28). The molecule has 182 valence electrons. The normalized spacial score (nSPS) is 10.6. The predicted molar refractivity (Wildman–Crippen MR) is 122 cm³/mol. The van der Waals surface area contributed by atoms with Crippen LogP contribution >= 0.6 is 0 Å². The van der Waals surface area contributed by atoms with Crippen LogP contribution in [0.1, 0.15) is 0 Å². The van der Waals surface area contributed by atoms with Crippen LogP contribution in [0.5, 0.6) is 0 Å². The van der Waals surface area contributed by atoms with Gasteiger partial charge in [0.2, 0.25) is 0 Å². The number of amides is 4. The lowest BCUT2D eigenvalue weighted by Crippen LogP contribution is -2.32. The topological polar surface area (TPSA) is 171 Å². The van der Waals surface area contributed by atoms with E-state index < -0.39 is 0 Å². The van der Waals surface area contributed by atoms with Crippen LogP contribution in [-0.2, 0) is 18.9 Å². The minimum atomic E-state index is -0.347. The number of carbonyl (C=O) groups excluding carboxylic acids is 2. The maximum absolute atomic E-state index is 11.9. The Bertz CT molecular complexity index is 566. The van der Waals surface area contributed by atoms with E-state index in [1.165, 1.54) is 0 Å². The first kappa shape index (κ1) is 27.6. The molecule has 0 bridgehead atoms. The van der Waals surface area contributed by atoms with Crippen molar-refractivity contribution >= 4 is 23.4 Å². The maximum Gasteiger partial charge on any atom is 0.319 e. The maximum atomic E-state index is 11.9. The van der Waals surface area contributed by atoms with Gasteiger partial charge in [-0.25, -0.2) is 9.59 Å². The van der Waals surface area contributed by atoms with Gasteiger partial charge in [0, 0.05) is 37.6 Å². The van der Waals surface area contributed by atoms with Crippen LogP contribution in [0, 0.1) is 0 Å². The number of nitrogens with two attached hydrogens (primary N) is 2. The quantitative estimate of drug-likeness (QED) is 0.166. The van der Waals surface area contributed by atoms with Gasteiger partial charge < -0.3 is 51.7 Å². The molecule has 0 radical (unpaired) electrons. The van der Waals surface area contributed by atoms with E-state index in [1.54, 1.807) is 24.3 Å². The lowest BCUT2D eigenvalue weighted by Gasteiger charge is -2.10. The Hall–Kier alpha value is -2.48. The molecular weight excluding hydrogens is 420 g/mol. The smallest absolute Gasteiger partial charge is 0.319 e. The SMILES string of the molecule is NCCOCCOCCNC(=O)Nc1ccc(NC(=O)NCCOCCOCCN)cc1. The molecule has 1 rings (SSSR count). The molecule has 12 heteroatoms. The highest BCUT2D eigenvalue weighted by molar-refractivity contribution is 5.91. The third-order valence-electron chi connectivity index (χ3n) is 3.73. The first-order valence-corrected chi connectivity index (χ1v) is 10.6. The number of rotatable bonds is 18. The van der Waals surface area contributed by atoms with Crippen molar-refractivity contribution < 1.29 is 28.5 Å². The Morgan fingerprint density at radius 3 is 1.28 bits per heavy atom. The molecule has 0 saturated heterocycles. The summed E-state index contributed by atoms with van der Waals surface area (Å²) in [7, 11) is 0. The summed E-state index contributed by atoms with van der Waals surface area (Å²) in [5.41, 5.74) is 11.8. The molecule has 1 aromatic carbocycles. The monoisotopic (exact) mass is 456 g/mol. The average molecular weight is 457 g/mol. The van der Waals surface area contributed by atoms with Gasteiger partial charge in [-0.2, -0.15) is 0 Å². The summed E-state index contributed by atoms with van der Waals surface area (Å²) >= 11 is 0. The van der Waals surface area contributed by atoms with E-state index in [0.717, 1.165) is 0 Å². The summed E-state index contributed by atoms with van der Waals surface area (Å²) in [5.74, 6) is 0. The second kappa shape index (κ2) is 19.2. The van der Waals surface area contributed by atoms with E-state index in [1.807, 2.05) is 0 Å². The highest BCUT2D eigenvalue weighted by Crippen LogP contribution is 2.13. The molecule has 0 aromatic heterocycles. The summed E-state index contributed by atoms with van der Waals surface area (Å²) in [5, 5.41) is 10.8. The fourth-order valence-corrected chi connectivity index (χ4v) is 2.27. The van der Waals surface area contributed by atoms with Gasteiger partial charge in [-0.3, -0.25) is 0 Å². The van der Waals surface area contributed by atoms with Gasteiger partial charge >= 0.3 is 12.1 Å². The Labute approximate surface area is 188 Å². The minimum absolute atomic E-state index is 0.347. The molecule has 0 aliphatic carbocycles. The number of carbonyl (C=O) groups is 2. The van der Waals surface area contributed by atoms with Gasteiger partial charge in [0.25, 0.3) is 0 Å². The first-order valence-electron chi connectivity index (χ1n) is 10.6. The molecule has 12 nitrogen and oxygen atoms in total. The zero-order valence-corrected chi connectivity index (χ0v) is 18.4. The second-order valence-electron chi connectivity index (χ2n) is 6.37. The Balaban J connectivity index is 2.10. The number of ether oxygens (including phenoxy) is 4. The van der Waals surface area contributed by atoms with Crippen LogP contribution < -0.4 is 32.7 Å². The van der Waals surface area contributed by atoms with Crippen LogP contribution in [0.3, 0.4) is 0 Å². The van der Waals surface area contributed by atoms with Gasteiger partial charge in [0.1, 0.15) is 0 Å². The lowest BCUT2D eigenvalue weighted by atomic mass is 10.3. The molecule has 0 fully saturated rings. The summed E-state index contributed by atoms with van der Waals surface area (Å²) in [6.45, 7) is 5.30. The van der Waals surface area contributed by atoms with Crippen molar-refractivity contribution in [2.45, 2.75) is 0 Å². The van der Waals surface area contributed by atoms with Crippen molar-refractivity contribution in [1.82, 2.24) is 10.6 Å². The van der Waals surface area contributed by atoms with Crippen molar-refractivity contribution in [3.05, 3.63) is 24.3 Å². The molecule has 0 saturated carbocycles. The van der Waals surface area contributed by atoms with Crippen molar-refractivity contribution in [2.24, 2.45) is 11.5 Å². The summed E-state index contributed by atoms with van der Waals surface area (Å²) < 4.78 is 21.0. The molecule has 0 spiro atoms. The molecule has 0 aliphatic rings. The van der Waals surface area contributed by atoms with Gasteiger partial charge in [0.05, 0.1) is 52.9 Å². The van der Waals surface area contributed by atoms with Crippen molar-refractivity contribution in [2.75, 3.05) is 89.7 Å². The summed E-state index contributed by atoms with van der Waals surface area (Å²) in [4.78, 5) is 23.7. The highest BCUT2D eigenvalue weighted by Gasteiger charge is 2.04. The zero-order valence-electron chi connectivity index (χ0n) is 18.4. The second-order valence-corrected chi connectivity index (χ2v) is 6.37. The molecule has 8 N–H and O–H groups in total. The van der Waals surface area contributed by atoms with Crippen molar-refractivity contribution in [3.63, 3.8) is 0 Å². The van der Waals surface area contributed by atoms with Crippen LogP contribution in [0.15, 0.2) is 24.3 Å². The number of urea groups is 2. The fourth-order valence-electron chi connectivity index (χ4n) is 2.27. The van der Waals surface area contributed by atoms with Crippen molar-refractivity contribution in [1.29, 1.82) is 0 Å². The summed E-state index contributed by atoms with van der Waals surface area (Å²) in [6, 6.07) is 6.05. The van der Waals surface area contributed by atoms with E-state index in [2.05, 4.69) is 21.3 Å². The minimum Gasteiger partial charge on any atom is -0.378 e. The number of anilines is 2. The van der Waals surface area contributed by atoms with Crippen LogP contribution in [-0.4, -0.2) is 91.1 Å². The average Bonchev–Trinajstić information content (AvgIpc) is 2.78. The van der Waals surface area contributed by atoms with Gasteiger partial charge in [-0.15, -0.1) is 0 Å². The molecule has 0 atom stereocenters. The molecule has 0 unspecified atom stereocenters. The van der Waals surface area contributed by atoms with E-state index in [9.17, 15) is 9.59 Å².